The molecule has 1 fully saturated rings. The standard InChI is InChI=1S/C26H31ClN2O5/c1-5-28(6-2)14-7-15-29-23(17-8-11-19(33-3)12-9-17)22(25(31)26(29)32)24(30)18-10-13-21(34-4)20(27)16-18/h8-13,16,23,30H,5-7,14-15H2,1-4H3/b24-22+/t23-/m0/s1. The molecule has 2 aromatic rings. The van der Waals surface area contributed by atoms with Crippen molar-refractivity contribution in [3.05, 3.63) is 64.2 Å². The van der Waals surface area contributed by atoms with Crippen LogP contribution >= 0.6 is 11.6 Å². The number of ketones is 1. The Bertz CT molecular complexity index is 1060. The van der Waals surface area contributed by atoms with E-state index in [9.17, 15) is 14.7 Å². The highest BCUT2D eigenvalue weighted by atomic mass is 35.5. The Labute approximate surface area is 205 Å². The van der Waals surface area contributed by atoms with E-state index in [1.165, 1.54) is 13.2 Å². The van der Waals surface area contributed by atoms with Gasteiger partial charge in [0.1, 0.15) is 17.3 Å². The average Bonchev–Trinajstić information content (AvgIpc) is 3.11. The quantitative estimate of drug-likeness (QED) is 0.302. The van der Waals surface area contributed by atoms with Gasteiger partial charge in [-0.05, 0) is 62.0 Å². The number of benzene rings is 2. The molecule has 1 amide bonds. The van der Waals surface area contributed by atoms with Gasteiger partial charge in [0.15, 0.2) is 0 Å². The van der Waals surface area contributed by atoms with Crippen molar-refractivity contribution in [3.8, 4) is 11.5 Å². The number of amides is 1. The maximum atomic E-state index is 13.2. The Morgan fingerprint density at radius 1 is 1.06 bits per heavy atom. The summed E-state index contributed by atoms with van der Waals surface area (Å²) >= 11 is 6.25. The number of aliphatic hydroxyl groups is 1. The Morgan fingerprint density at radius 3 is 2.29 bits per heavy atom. The van der Waals surface area contributed by atoms with Crippen molar-refractivity contribution in [2.24, 2.45) is 0 Å². The van der Waals surface area contributed by atoms with Gasteiger partial charge in [-0.25, -0.2) is 0 Å². The minimum atomic E-state index is -0.719. The molecule has 8 heteroatoms. The van der Waals surface area contributed by atoms with Gasteiger partial charge in [0.05, 0.1) is 30.9 Å². The Balaban J connectivity index is 2.05. The van der Waals surface area contributed by atoms with Crippen molar-refractivity contribution in [2.75, 3.05) is 40.4 Å². The third kappa shape index (κ3) is 5.21. The molecule has 1 atom stereocenters. The molecule has 34 heavy (non-hydrogen) atoms. The van der Waals surface area contributed by atoms with Crippen LogP contribution in [0.5, 0.6) is 11.5 Å². The van der Waals surface area contributed by atoms with Crippen LogP contribution in [0.3, 0.4) is 0 Å². The van der Waals surface area contributed by atoms with Gasteiger partial charge in [-0.1, -0.05) is 37.6 Å². The molecule has 1 aliphatic heterocycles. The molecule has 1 N–H and O–H groups in total. The van der Waals surface area contributed by atoms with Crippen LogP contribution in [0, 0.1) is 0 Å². The molecule has 0 bridgehead atoms. The topological polar surface area (TPSA) is 79.3 Å². The van der Waals surface area contributed by atoms with Gasteiger partial charge in [-0.15, -0.1) is 0 Å². The number of hydrogen-bond donors (Lipinski definition) is 1. The van der Waals surface area contributed by atoms with E-state index in [0.717, 1.165) is 19.6 Å². The monoisotopic (exact) mass is 486 g/mol. The Hall–Kier alpha value is -3.03. The van der Waals surface area contributed by atoms with Crippen molar-refractivity contribution in [3.63, 3.8) is 0 Å². The molecule has 0 saturated carbocycles. The van der Waals surface area contributed by atoms with Gasteiger partial charge in [0.2, 0.25) is 0 Å². The van der Waals surface area contributed by atoms with Crippen LogP contribution in [0.15, 0.2) is 48.0 Å². The number of ether oxygens (including phenoxy) is 2. The third-order valence-electron chi connectivity index (χ3n) is 6.16. The van der Waals surface area contributed by atoms with Gasteiger partial charge in [0.25, 0.3) is 11.7 Å². The van der Waals surface area contributed by atoms with Crippen LogP contribution in [0.1, 0.15) is 37.4 Å². The number of aliphatic hydroxyl groups excluding tert-OH is 1. The number of carbonyl (C=O) groups excluding carboxylic acids is 2. The number of nitrogens with zero attached hydrogens (tertiary/aromatic N) is 2. The van der Waals surface area contributed by atoms with Crippen LogP contribution in [0.4, 0.5) is 0 Å². The molecule has 0 aliphatic carbocycles. The highest BCUT2D eigenvalue weighted by molar-refractivity contribution is 6.46. The number of methoxy groups -OCH3 is 2. The third-order valence-corrected chi connectivity index (χ3v) is 6.46. The average molecular weight is 487 g/mol. The molecule has 1 aliphatic rings. The fourth-order valence-corrected chi connectivity index (χ4v) is 4.47. The molecule has 0 radical (unpaired) electrons. The van der Waals surface area contributed by atoms with Gasteiger partial charge in [-0.2, -0.15) is 0 Å². The lowest BCUT2D eigenvalue weighted by Crippen LogP contribution is -2.33. The number of halogens is 1. The lowest BCUT2D eigenvalue weighted by Gasteiger charge is -2.27. The van der Waals surface area contributed by atoms with E-state index < -0.39 is 17.7 Å². The van der Waals surface area contributed by atoms with Crippen molar-refractivity contribution in [2.45, 2.75) is 26.3 Å². The second-order valence-electron chi connectivity index (χ2n) is 8.00. The predicted octanol–water partition coefficient (Wildman–Crippen LogP) is 4.51. The van der Waals surface area contributed by atoms with E-state index in [1.807, 2.05) is 0 Å². The summed E-state index contributed by atoms with van der Waals surface area (Å²) in [7, 11) is 3.07. The maximum absolute atomic E-state index is 13.2. The fraction of sp³-hybridized carbons (Fsp3) is 0.385. The van der Waals surface area contributed by atoms with Crippen LogP contribution in [-0.2, 0) is 9.59 Å². The highest BCUT2D eigenvalue weighted by Gasteiger charge is 2.45. The molecule has 2 aromatic carbocycles. The number of hydrogen-bond acceptors (Lipinski definition) is 6. The largest absolute Gasteiger partial charge is 0.507 e. The van der Waals surface area contributed by atoms with Crippen LogP contribution in [0.25, 0.3) is 5.76 Å². The molecule has 1 saturated heterocycles. The van der Waals surface area contributed by atoms with Gasteiger partial charge in [-0.3, -0.25) is 9.59 Å². The molecule has 0 aromatic heterocycles. The van der Waals surface area contributed by atoms with Gasteiger partial charge < -0.3 is 24.4 Å². The molecular formula is C26H31ClN2O5. The summed E-state index contributed by atoms with van der Waals surface area (Å²) in [5.41, 5.74) is 1.09. The SMILES string of the molecule is CCN(CC)CCCN1C(=O)C(=O)/C(=C(/O)c2ccc(OC)c(Cl)c2)[C@@H]1c1ccc(OC)cc1. The zero-order valence-corrected chi connectivity index (χ0v) is 20.8. The molecule has 3 rings (SSSR count). The second-order valence-corrected chi connectivity index (χ2v) is 8.40. The van der Waals surface area contributed by atoms with Crippen molar-refractivity contribution in [1.82, 2.24) is 9.80 Å². The van der Waals surface area contributed by atoms with Crippen molar-refractivity contribution in [1.29, 1.82) is 0 Å². The smallest absolute Gasteiger partial charge is 0.295 e. The minimum absolute atomic E-state index is 0.0410. The number of likely N-dealkylation sites (tertiary alicyclic amines) is 1. The molecule has 1 heterocycles. The van der Waals surface area contributed by atoms with Crippen LogP contribution in [-0.4, -0.2) is 67.0 Å². The summed E-state index contributed by atoms with van der Waals surface area (Å²) in [4.78, 5) is 30.0. The summed E-state index contributed by atoms with van der Waals surface area (Å²) in [6.07, 6.45) is 0.704. The molecule has 182 valence electrons. The van der Waals surface area contributed by atoms with Crippen molar-refractivity contribution < 1.29 is 24.2 Å². The number of Topliss-reactive ketones (excluding diaryl/α,β-unsaturated/α-hetero) is 1. The van der Waals surface area contributed by atoms with E-state index >= 15 is 0 Å². The summed E-state index contributed by atoms with van der Waals surface area (Å²) in [6, 6.07) is 11.2. The number of carbonyl (C=O) groups is 2. The van der Waals surface area contributed by atoms with Crippen molar-refractivity contribution >= 4 is 29.1 Å². The van der Waals surface area contributed by atoms with Gasteiger partial charge in [0, 0.05) is 12.1 Å². The van der Waals surface area contributed by atoms with Gasteiger partial charge >= 0.3 is 0 Å². The molecular weight excluding hydrogens is 456 g/mol. The van der Waals surface area contributed by atoms with E-state index in [4.69, 9.17) is 21.1 Å². The zero-order chi connectivity index (χ0) is 24.8. The second kappa shape index (κ2) is 11.4. The first-order chi connectivity index (χ1) is 16.4. The molecule has 0 unspecified atom stereocenters. The van der Waals surface area contributed by atoms with E-state index in [1.54, 1.807) is 48.4 Å². The summed E-state index contributed by atoms with van der Waals surface area (Å²) < 4.78 is 10.4. The highest BCUT2D eigenvalue weighted by Crippen LogP contribution is 2.40. The van der Waals surface area contributed by atoms with E-state index in [2.05, 4.69) is 18.7 Å². The first-order valence-electron chi connectivity index (χ1n) is 11.3. The fourth-order valence-electron chi connectivity index (χ4n) is 4.22. The van der Waals surface area contributed by atoms with E-state index in [0.29, 0.717) is 40.6 Å². The van der Waals surface area contributed by atoms with Crippen LogP contribution in [0.2, 0.25) is 5.02 Å². The normalized spacial score (nSPS) is 17.5. The summed E-state index contributed by atoms with van der Waals surface area (Å²) in [5, 5.41) is 11.5. The summed E-state index contributed by atoms with van der Waals surface area (Å²) in [6.45, 7) is 7.20. The zero-order valence-electron chi connectivity index (χ0n) is 20.0. The first-order valence-corrected chi connectivity index (χ1v) is 11.7. The minimum Gasteiger partial charge on any atom is -0.507 e. The Kier molecular flexibility index (Phi) is 8.58. The maximum Gasteiger partial charge on any atom is 0.295 e. The predicted molar refractivity (Wildman–Crippen MR) is 132 cm³/mol. The van der Waals surface area contributed by atoms with E-state index in [-0.39, 0.29) is 11.3 Å². The lowest BCUT2D eigenvalue weighted by atomic mass is 9.95. The lowest BCUT2D eigenvalue weighted by molar-refractivity contribution is -0.140. The van der Waals surface area contributed by atoms with Crippen LogP contribution < -0.4 is 9.47 Å². The number of rotatable bonds is 10. The first kappa shape index (κ1) is 25.6. The molecule has 0 spiro atoms. The molecule has 7 nitrogen and oxygen atoms in total. The Morgan fingerprint density at radius 2 is 1.74 bits per heavy atom. The summed E-state index contributed by atoms with van der Waals surface area (Å²) in [5.74, 6) is -0.504.